The van der Waals surface area contributed by atoms with E-state index in [2.05, 4.69) is 27.3 Å². The molecule has 4 heteroatoms. The summed E-state index contributed by atoms with van der Waals surface area (Å²) < 4.78 is 13.0. The summed E-state index contributed by atoms with van der Waals surface area (Å²) in [5.41, 5.74) is 1.28. The van der Waals surface area contributed by atoms with Crippen molar-refractivity contribution in [3.8, 4) is 11.5 Å². The fourth-order valence-electron chi connectivity index (χ4n) is 3.29. The first-order valence-electron chi connectivity index (χ1n) is 7.53. The summed E-state index contributed by atoms with van der Waals surface area (Å²) in [4.78, 5) is 0. The summed E-state index contributed by atoms with van der Waals surface area (Å²) in [7, 11) is 1.72. The van der Waals surface area contributed by atoms with Crippen LogP contribution in [0.1, 0.15) is 43.6 Å². The number of methoxy groups -OCH3 is 1. The highest BCUT2D eigenvalue weighted by molar-refractivity contribution is 9.10. The van der Waals surface area contributed by atoms with Crippen LogP contribution in [0.4, 0.5) is 0 Å². The van der Waals surface area contributed by atoms with E-state index in [1.807, 2.05) is 6.07 Å². The first-order chi connectivity index (χ1) is 9.79. The summed E-state index contributed by atoms with van der Waals surface area (Å²) in [6, 6.07) is 4.08. The molecule has 3 nitrogen and oxygen atoms in total. The minimum Gasteiger partial charge on any atom is -0.493 e. The number of nitrogens with one attached hydrogen (secondary N) is 1. The number of hydrogen-bond acceptors (Lipinski definition) is 3. The minimum atomic E-state index is 0.353. The SMILES string of the molecule is COc1ccc(Br)c(C2CCNC2)c1OC1CCCC1. The fourth-order valence-corrected chi connectivity index (χ4v) is 3.93. The lowest BCUT2D eigenvalue weighted by molar-refractivity contribution is 0.197. The van der Waals surface area contributed by atoms with Crippen molar-refractivity contribution in [2.75, 3.05) is 20.2 Å². The van der Waals surface area contributed by atoms with Gasteiger partial charge in [0, 0.05) is 22.5 Å². The standard InChI is InChI=1S/C16H22BrNO2/c1-19-14-7-6-13(17)15(11-8-9-18-10-11)16(14)20-12-4-2-3-5-12/h6-7,11-12,18H,2-5,8-10H2,1H3. The molecule has 1 saturated carbocycles. The molecule has 1 saturated heterocycles. The highest BCUT2D eigenvalue weighted by Gasteiger charge is 2.27. The lowest BCUT2D eigenvalue weighted by Crippen LogP contribution is -2.15. The van der Waals surface area contributed by atoms with Crippen LogP contribution in [0.15, 0.2) is 16.6 Å². The predicted octanol–water partition coefficient (Wildman–Crippen LogP) is 3.86. The van der Waals surface area contributed by atoms with Gasteiger partial charge in [-0.1, -0.05) is 15.9 Å². The topological polar surface area (TPSA) is 30.5 Å². The second-order valence-electron chi connectivity index (χ2n) is 5.71. The van der Waals surface area contributed by atoms with Gasteiger partial charge in [-0.2, -0.15) is 0 Å². The van der Waals surface area contributed by atoms with Crippen LogP contribution in [0, 0.1) is 0 Å². The lowest BCUT2D eigenvalue weighted by atomic mass is 9.97. The first-order valence-corrected chi connectivity index (χ1v) is 8.32. The highest BCUT2D eigenvalue weighted by Crippen LogP contribution is 2.44. The van der Waals surface area contributed by atoms with Crippen molar-refractivity contribution in [1.82, 2.24) is 5.32 Å². The molecular formula is C16H22BrNO2. The molecule has 1 atom stereocenters. The quantitative estimate of drug-likeness (QED) is 0.903. The first kappa shape index (κ1) is 14.2. The van der Waals surface area contributed by atoms with Crippen molar-refractivity contribution >= 4 is 15.9 Å². The van der Waals surface area contributed by atoms with E-state index >= 15 is 0 Å². The van der Waals surface area contributed by atoms with Gasteiger partial charge in [0.25, 0.3) is 0 Å². The normalized spacial score (nSPS) is 23.2. The molecule has 0 bridgehead atoms. The van der Waals surface area contributed by atoms with Crippen molar-refractivity contribution in [3.63, 3.8) is 0 Å². The Morgan fingerprint density at radius 3 is 2.65 bits per heavy atom. The van der Waals surface area contributed by atoms with Gasteiger partial charge in [-0.25, -0.2) is 0 Å². The molecule has 1 aromatic rings. The number of halogens is 1. The molecule has 1 aliphatic heterocycles. The minimum absolute atomic E-state index is 0.353. The molecule has 3 rings (SSSR count). The van der Waals surface area contributed by atoms with Crippen molar-refractivity contribution in [1.29, 1.82) is 0 Å². The predicted molar refractivity (Wildman–Crippen MR) is 83.8 cm³/mol. The van der Waals surface area contributed by atoms with Gasteiger partial charge in [-0.05, 0) is 50.8 Å². The van der Waals surface area contributed by atoms with E-state index in [9.17, 15) is 0 Å². The third-order valence-corrected chi connectivity index (χ3v) is 5.07. The molecule has 0 amide bonds. The highest BCUT2D eigenvalue weighted by atomic mass is 79.9. The Labute approximate surface area is 129 Å². The second kappa shape index (κ2) is 6.35. The maximum Gasteiger partial charge on any atom is 0.166 e. The number of benzene rings is 1. The molecular weight excluding hydrogens is 318 g/mol. The Morgan fingerprint density at radius 2 is 2.00 bits per heavy atom. The number of ether oxygens (including phenoxy) is 2. The van der Waals surface area contributed by atoms with E-state index < -0.39 is 0 Å². The summed E-state index contributed by atoms with van der Waals surface area (Å²) in [5.74, 6) is 2.33. The summed E-state index contributed by atoms with van der Waals surface area (Å²) >= 11 is 3.71. The van der Waals surface area contributed by atoms with E-state index in [0.29, 0.717) is 12.0 Å². The van der Waals surface area contributed by atoms with Gasteiger partial charge >= 0.3 is 0 Å². The molecule has 1 aromatic carbocycles. The average molecular weight is 340 g/mol. The Hall–Kier alpha value is -0.740. The van der Waals surface area contributed by atoms with Gasteiger partial charge in [-0.3, -0.25) is 0 Å². The van der Waals surface area contributed by atoms with Gasteiger partial charge in [-0.15, -0.1) is 0 Å². The van der Waals surface area contributed by atoms with Crippen molar-refractivity contribution in [3.05, 3.63) is 22.2 Å². The summed E-state index contributed by atoms with van der Waals surface area (Å²) in [5, 5.41) is 3.44. The Kier molecular flexibility index (Phi) is 4.51. The van der Waals surface area contributed by atoms with Crippen LogP contribution in [0.3, 0.4) is 0 Å². The zero-order valence-electron chi connectivity index (χ0n) is 12.0. The maximum absolute atomic E-state index is 6.34. The Bertz CT molecular complexity index is 466. The number of hydrogen-bond donors (Lipinski definition) is 1. The van der Waals surface area contributed by atoms with Gasteiger partial charge in [0.05, 0.1) is 13.2 Å². The van der Waals surface area contributed by atoms with Crippen LogP contribution in [0.5, 0.6) is 11.5 Å². The zero-order valence-corrected chi connectivity index (χ0v) is 13.5. The van der Waals surface area contributed by atoms with E-state index in [1.54, 1.807) is 7.11 Å². The summed E-state index contributed by atoms with van der Waals surface area (Å²) in [6.07, 6.45) is 6.40. The molecule has 1 aliphatic carbocycles. The molecule has 110 valence electrons. The third kappa shape index (κ3) is 2.82. The van der Waals surface area contributed by atoms with Gasteiger partial charge in [0.2, 0.25) is 0 Å². The molecule has 2 aliphatic rings. The molecule has 0 spiro atoms. The van der Waals surface area contributed by atoms with Crippen molar-refractivity contribution < 1.29 is 9.47 Å². The average Bonchev–Trinajstić information content (AvgIpc) is 3.12. The Morgan fingerprint density at radius 1 is 1.20 bits per heavy atom. The van der Waals surface area contributed by atoms with E-state index in [1.165, 1.54) is 18.4 Å². The molecule has 20 heavy (non-hydrogen) atoms. The van der Waals surface area contributed by atoms with Crippen LogP contribution >= 0.6 is 15.9 Å². The molecule has 0 aromatic heterocycles. The molecule has 1 heterocycles. The lowest BCUT2D eigenvalue weighted by Gasteiger charge is -2.23. The van der Waals surface area contributed by atoms with E-state index in [4.69, 9.17) is 9.47 Å². The van der Waals surface area contributed by atoms with Gasteiger partial charge in [0.1, 0.15) is 0 Å². The molecule has 1 N–H and O–H groups in total. The van der Waals surface area contributed by atoms with Crippen LogP contribution in [-0.2, 0) is 0 Å². The van der Waals surface area contributed by atoms with Gasteiger partial charge in [0.15, 0.2) is 11.5 Å². The van der Waals surface area contributed by atoms with Crippen LogP contribution in [0.2, 0.25) is 0 Å². The van der Waals surface area contributed by atoms with Crippen LogP contribution < -0.4 is 14.8 Å². The third-order valence-electron chi connectivity index (χ3n) is 4.38. The smallest absolute Gasteiger partial charge is 0.166 e. The van der Waals surface area contributed by atoms with Crippen molar-refractivity contribution in [2.45, 2.75) is 44.1 Å². The zero-order chi connectivity index (χ0) is 13.9. The van der Waals surface area contributed by atoms with E-state index in [0.717, 1.165) is 48.3 Å². The Balaban J connectivity index is 1.95. The van der Waals surface area contributed by atoms with E-state index in [-0.39, 0.29) is 0 Å². The van der Waals surface area contributed by atoms with Crippen LogP contribution in [-0.4, -0.2) is 26.3 Å². The maximum atomic E-state index is 6.34. The molecule has 2 fully saturated rings. The number of rotatable bonds is 4. The second-order valence-corrected chi connectivity index (χ2v) is 6.56. The molecule has 0 radical (unpaired) electrons. The monoisotopic (exact) mass is 339 g/mol. The molecule has 1 unspecified atom stereocenters. The van der Waals surface area contributed by atoms with Crippen molar-refractivity contribution in [2.24, 2.45) is 0 Å². The fraction of sp³-hybridized carbons (Fsp3) is 0.625. The van der Waals surface area contributed by atoms with Crippen LogP contribution in [0.25, 0.3) is 0 Å². The largest absolute Gasteiger partial charge is 0.493 e. The summed E-state index contributed by atoms with van der Waals surface area (Å²) in [6.45, 7) is 2.10. The van der Waals surface area contributed by atoms with Gasteiger partial charge < -0.3 is 14.8 Å².